The fourth-order valence-electron chi connectivity index (χ4n) is 4.08. The normalized spacial score (nSPS) is 15.7. The van der Waals surface area contributed by atoms with Gasteiger partial charge in [-0.2, -0.15) is 0 Å². The second-order valence-electron chi connectivity index (χ2n) is 8.43. The number of ketones is 1. The molecule has 1 atom stereocenters. The number of Topliss-reactive ketones (excluding diaryl/α,β-unsaturated/α-hetero) is 1. The molecule has 0 fully saturated rings. The lowest BCUT2D eigenvalue weighted by atomic mass is 9.96. The van der Waals surface area contributed by atoms with Gasteiger partial charge in [0.05, 0.1) is 29.5 Å². The van der Waals surface area contributed by atoms with Crippen LogP contribution in [0.15, 0.2) is 70.6 Å². The number of rotatable bonds is 6. The predicted molar refractivity (Wildman–Crippen MR) is 134 cm³/mol. The third-order valence-corrected chi connectivity index (χ3v) is 7.94. The molecule has 33 heavy (non-hydrogen) atoms. The molecule has 0 aliphatic carbocycles. The van der Waals surface area contributed by atoms with E-state index in [4.69, 9.17) is 9.72 Å². The minimum atomic E-state index is -0.0808. The summed E-state index contributed by atoms with van der Waals surface area (Å²) in [5.41, 5.74) is 2.39. The molecular weight excluding hydrogens is 452 g/mol. The molecule has 3 heterocycles. The summed E-state index contributed by atoms with van der Waals surface area (Å²) in [6.45, 7) is 4.80. The lowest BCUT2D eigenvalue weighted by Gasteiger charge is -2.26. The fraction of sp³-hybridized carbons (Fsp3) is 0.269. The van der Waals surface area contributed by atoms with E-state index in [1.807, 2.05) is 60.7 Å². The molecule has 1 aliphatic heterocycles. The molecule has 0 amide bonds. The van der Waals surface area contributed by atoms with Gasteiger partial charge in [0.25, 0.3) is 5.56 Å². The van der Waals surface area contributed by atoms with Gasteiger partial charge in [0.2, 0.25) is 0 Å². The highest BCUT2D eigenvalue weighted by Gasteiger charge is 2.29. The molecule has 0 bridgehead atoms. The highest BCUT2D eigenvalue weighted by molar-refractivity contribution is 7.99. The SMILES string of the molecule is CC(C)[C@H]1Cc2c(sc3nc(SCC(=O)c4ccccc4)n(-c4ccccc4)c(=O)c23)CO1. The van der Waals surface area contributed by atoms with Crippen LogP contribution in [-0.2, 0) is 17.8 Å². The van der Waals surface area contributed by atoms with E-state index in [0.29, 0.717) is 28.6 Å². The van der Waals surface area contributed by atoms with Crippen molar-refractivity contribution >= 4 is 39.1 Å². The van der Waals surface area contributed by atoms with Gasteiger partial charge < -0.3 is 4.74 Å². The van der Waals surface area contributed by atoms with Crippen LogP contribution in [0.5, 0.6) is 0 Å². The third kappa shape index (κ3) is 4.28. The monoisotopic (exact) mass is 476 g/mol. The van der Waals surface area contributed by atoms with Crippen molar-refractivity contribution in [1.82, 2.24) is 9.55 Å². The number of aromatic nitrogens is 2. The summed E-state index contributed by atoms with van der Waals surface area (Å²) >= 11 is 2.83. The Labute approximate surface area is 200 Å². The predicted octanol–water partition coefficient (Wildman–Crippen LogP) is 5.52. The van der Waals surface area contributed by atoms with E-state index in [2.05, 4.69) is 13.8 Å². The van der Waals surface area contributed by atoms with E-state index in [-0.39, 0.29) is 23.2 Å². The number of hydrogen-bond acceptors (Lipinski definition) is 6. The van der Waals surface area contributed by atoms with Crippen LogP contribution in [0.4, 0.5) is 0 Å². The lowest BCUT2D eigenvalue weighted by Crippen LogP contribution is -2.28. The van der Waals surface area contributed by atoms with Gasteiger partial charge in [0.1, 0.15) is 4.83 Å². The quantitative estimate of drug-likeness (QED) is 0.208. The summed E-state index contributed by atoms with van der Waals surface area (Å²) in [5.74, 6) is 0.586. The van der Waals surface area contributed by atoms with E-state index >= 15 is 0 Å². The molecule has 1 aliphatic rings. The standard InChI is InChI=1S/C26H24N2O3S2/c1-16(2)21-13-19-22(14-31-21)33-24-23(19)25(30)28(18-11-7-4-8-12-18)26(27-24)32-15-20(29)17-9-5-3-6-10-17/h3-12,16,21H,13-15H2,1-2H3/t21-/m1/s1. The lowest BCUT2D eigenvalue weighted by molar-refractivity contribution is 0.00200. The zero-order valence-electron chi connectivity index (χ0n) is 18.5. The van der Waals surface area contributed by atoms with Crippen molar-refractivity contribution in [3.05, 3.63) is 87.0 Å². The number of fused-ring (bicyclic) bond motifs is 3. The number of hydrogen-bond donors (Lipinski definition) is 0. The second-order valence-corrected chi connectivity index (χ2v) is 10.5. The largest absolute Gasteiger partial charge is 0.372 e. The molecule has 2 aromatic heterocycles. The molecule has 0 saturated carbocycles. The van der Waals surface area contributed by atoms with Gasteiger partial charge in [0.15, 0.2) is 10.9 Å². The van der Waals surface area contributed by atoms with Gasteiger partial charge in [0, 0.05) is 16.9 Å². The van der Waals surface area contributed by atoms with Crippen molar-refractivity contribution in [3.8, 4) is 5.69 Å². The number of para-hydroxylation sites is 1. The van der Waals surface area contributed by atoms with Crippen LogP contribution in [0.3, 0.4) is 0 Å². The van der Waals surface area contributed by atoms with E-state index in [0.717, 1.165) is 27.4 Å². The Morgan fingerprint density at radius 3 is 2.55 bits per heavy atom. The van der Waals surface area contributed by atoms with Crippen molar-refractivity contribution < 1.29 is 9.53 Å². The van der Waals surface area contributed by atoms with Gasteiger partial charge in [-0.05, 0) is 23.6 Å². The molecule has 0 N–H and O–H groups in total. The first-order valence-corrected chi connectivity index (χ1v) is 12.8. The number of carbonyl (C=O) groups excluding carboxylic acids is 1. The van der Waals surface area contributed by atoms with Gasteiger partial charge in [-0.15, -0.1) is 11.3 Å². The highest BCUT2D eigenvalue weighted by Crippen LogP contribution is 2.36. The molecule has 168 valence electrons. The maximum atomic E-state index is 13.9. The zero-order chi connectivity index (χ0) is 22.9. The first kappa shape index (κ1) is 22.1. The molecule has 5 rings (SSSR count). The number of thioether (sulfide) groups is 1. The third-order valence-electron chi connectivity index (χ3n) is 5.90. The molecule has 0 unspecified atom stereocenters. The van der Waals surface area contributed by atoms with Crippen LogP contribution in [0.1, 0.15) is 34.6 Å². The number of thiophene rings is 1. The summed E-state index contributed by atoms with van der Waals surface area (Å²) in [5, 5.41) is 1.22. The Bertz CT molecular complexity index is 1360. The molecule has 0 radical (unpaired) electrons. The van der Waals surface area contributed by atoms with Gasteiger partial charge >= 0.3 is 0 Å². The minimum Gasteiger partial charge on any atom is -0.372 e. The van der Waals surface area contributed by atoms with Gasteiger partial charge in [-0.25, -0.2) is 4.98 Å². The number of carbonyl (C=O) groups is 1. The van der Waals surface area contributed by atoms with Crippen molar-refractivity contribution in [1.29, 1.82) is 0 Å². The molecule has 4 aromatic rings. The summed E-state index contributed by atoms with van der Waals surface area (Å²) in [6, 6.07) is 18.7. The molecule has 2 aromatic carbocycles. The Morgan fingerprint density at radius 2 is 1.85 bits per heavy atom. The first-order valence-electron chi connectivity index (χ1n) is 11.0. The Hall–Kier alpha value is -2.74. The van der Waals surface area contributed by atoms with Crippen LogP contribution < -0.4 is 5.56 Å². The van der Waals surface area contributed by atoms with Crippen molar-refractivity contribution in [2.45, 2.75) is 38.1 Å². The topological polar surface area (TPSA) is 61.2 Å². The van der Waals surface area contributed by atoms with E-state index in [1.165, 1.54) is 23.1 Å². The average molecular weight is 477 g/mol. The average Bonchev–Trinajstić information content (AvgIpc) is 3.21. The number of benzene rings is 2. The molecular formula is C26H24N2O3S2. The van der Waals surface area contributed by atoms with Crippen LogP contribution in [-0.4, -0.2) is 27.2 Å². The summed E-state index contributed by atoms with van der Waals surface area (Å²) in [6.07, 6.45) is 0.815. The molecule has 5 nitrogen and oxygen atoms in total. The molecule has 0 saturated heterocycles. The summed E-state index contributed by atoms with van der Waals surface area (Å²) < 4.78 is 7.68. The van der Waals surface area contributed by atoms with Crippen LogP contribution in [0.2, 0.25) is 0 Å². The summed E-state index contributed by atoms with van der Waals surface area (Å²) in [7, 11) is 0. The van der Waals surface area contributed by atoms with Gasteiger partial charge in [-0.3, -0.25) is 14.2 Å². The Balaban J connectivity index is 1.60. The fourth-order valence-corrected chi connectivity index (χ4v) is 6.15. The summed E-state index contributed by atoms with van der Waals surface area (Å²) in [4.78, 5) is 33.3. The van der Waals surface area contributed by atoms with Gasteiger partial charge in [-0.1, -0.05) is 74.1 Å². The maximum absolute atomic E-state index is 13.9. The number of ether oxygens (including phenoxy) is 1. The zero-order valence-corrected chi connectivity index (χ0v) is 20.1. The van der Waals surface area contributed by atoms with Crippen LogP contribution in [0.25, 0.3) is 15.9 Å². The Morgan fingerprint density at radius 1 is 1.15 bits per heavy atom. The second kappa shape index (κ2) is 9.25. The van der Waals surface area contributed by atoms with E-state index in [9.17, 15) is 9.59 Å². The molecule has 7 heteroatoms. The van der Waals surface area contributed by atoms with E-state index < -0.39 is 0 Å². The minimum absolute atomic E-state index is 0.00760. The van der Waals surface area contributed by atoms with E-state index in [1.54, 1.807) is 4.57 Å². The highest BCUT2D eigenvalue weighted by atomic mass is 32.2. The van der Waals surface area contributed by atoms with Crippen molar-refractivity contribution in [2.24, 2.45) is 5.92 Å². The smallest absolute Gasteiger partial charge is 0.267 e. The van der Waals surface area contributed by atoms with Crippen molar-refractivity contribution in [2.75, 3.05) is 5.75 Å². The number of nitrogens with zero attached hydrogens (tertiary/aromatic N) is 2. The van der Waals surface area contributed by atoms with Crippen LogP contribution in [0, 0.1) is 5.92 Å². The maximum Gasteiger partial charge on any atom is 0.267 e. The Kier molecular flexibility index (Phi) is 6.19. The molecule has 0 spiro atoms. The van der Waals surface area contributed by atoms with Crippen molar-refractivity contribution in [3.63, 3.8) is 0 Å². The first-order chi connectivity index (χ1) is 16.0. The van der Waals surface area contributed by atoms with Crippen LogP contribution >= 0.6 is 23.1 Å².